The zero-order chi connectivity index (χ0) is 23.0. The van der Waals surface area contributed by atoms with Crippen LogP contribution in [0.4, 0.5) is 8.78 Å². The summed E-state index contributed by atoms with van der Waals surface area (Å²) < 4.78 is 32.8. The van der Waals surface area contributed by atoms with Gasteiger partial charge >= 0.3 is 0 Å². The van der Waals surface area contributed by atoms with Gasteiger partial charge in [0.05, 0.1) is 0 Å². The summed E-state index contributed by atoms with van der Waals surface area (Å²) in [6.45, 7) is 0.688. The van der Waals surface area contributed by atoms with E-state index in [0.717, 1.165) is 57.9 Å². The lowest BCUT2D eigenvalue weighted by Gasteiger charge is -2.07. The van der Waals surface area contributed by atoms with Gasteiger partial charge in [-0.1, -0.05) is 48.2 Å². The van der Waals surface area contributed by atoms with Crippen LogP contribution < -0.4 is 0 Å². The van der Waals surface area contributed by atoms with Crippen molar-refractivity contribution in [3.63, 3.8) is 0 Å². The van der Waals surface area contributed by atoms with Crippen LogP contribution in [0.2, 0.25) is 0 Å². The first-order chi connectivity index (χ1) is 16.1. The molecule has 4 aromatic rings. The van der Waals surface area contributed by atoms with E-state index in [-0.39, 0.29) is 11.6 Å². The summed E-state index contributed by atoms with van der Waals surface area (Å²) in [5.41, 5.74) is 4.71. The van der Waals surface area contributed by atoms with Crippen LogP contribution in [0, 0.1) is 23.5 Å². The second-order valence-electron chi connectivity index (χ2n) is 8.18. The van der Waals surface area contributed by atoms with E-state index in [9.17, 15) is 8.78 Å². The van der Waals surface area contributed by atoms with E-state index in [1.165, 1.54) is 12.1 Å². The predicted molar refractivity (Wildman–Crippen MR) is 130 cm³/mol. The van der Waals surface area contributed by atoms with Gasteiger partial charge in [0, 0.05) is 24.8 Å². The van der Waals surface area contributed by atoms with E-state index in [1.807, 2.05) is 54.6 Å². The maximum Gasteiger partial charge on any atom is 0.126 e. The summed E-state index contributed by atoms with van der Waals surface area (Å²) in [7, 11) is 1.68. The fourth-order valence-corrected chi connectivity index (χ4v) is 3.84. The topological polar surface area (TPSA) is 9.23 Å². The number of ether oxygens (including phenoxy) is 1. The minimum Gasteiger partial charge on any atom is -0.385 e. The van der Waals surface area contributed by atoms with Crippen LogP contribution >= 0.6 is 0 Å². The number of methoxy groups -OCH3 is 1. The standard InChI is InChI=1S/C30H26F2O/c1-33-18-2-3-24-11-14-26(30(32)20-24)13-10-23-6-4-22(5-7-23)8-9-25-12-15-28-21-29(31)17-16-27(28)19-25/h4-7,11-12,14-17,19-21H,2-3,10,13,18H2,1H3. The molecule has 0 radical (unpaired) electrons. The van der Waals surface area contributed by atoms with Crippen molar-refractivity contribution >= 4 is 10.8 Å². The molecular formula is C30H26F2O. The smallest absolute Gasteiger partial charge is 0.126 e. The highest BCUT2D eigenvalue weighted by atomic mass is 19.1. The quantitative estimate of drug-likeness (QED) is 0.225. The number of halogens is 2. The van der Waals surface area contributed by atoms with Crippen LogP contribution in [0.25, 0.3) is 10.8 Å². The molecule has 0 N–H and O–H groups in total. The highest BCUT2D eigenvalue weighted by Crippen LogP contribution is 2.18. The molecule has 0 atom stereocenters. The molecule has 4 aromatic carbocycles. The van der Waals surface area contributed by atoms with E-state index in [0.29, 0.717) is 13.0 Å². The molecule has 0 amide bonds. The van der Waals surface area contributed by atoms with Gasteiger partial charge < -0.3 is 4.74 Å². The summed E-state index contributed by atoms with van der Waals surface area (Å²) in [6.07, 6.45) is 3.15. The molecule has 166 valence electrons. The van der Waals surface area contributed by atoms with Crippen LogP contribution in [0.3, 0.4) is 0 Å². The molecule has 4 rings (SSSR count). The van der Waals surface area contributed by atoms with Crippen LogP contribution in [0.15, 0.2) is 78.9 Å². The summed E-state index contributed by atoms with van der Waals surface area (Å²) in [5.74, 6) is 5.99. The van der Waals surface area contributed by atoms with Crippen molar-refractivity contribution in [1.29, 1.82) is 0 Å². The maximum atomic E-state index is 14.4. The van der Waals surface area contributed by atoms with Gasteiger partial charge in [-0.15, -0.1) is 0 Å². The number of rotatable bonds is 7. The van der Waals surface area contributed by atoms with Gasteiger partial charge in [-0.25, -0.2) is 8.78 Å². The maximum absolute atomic E-state index is 14.4. The number of benzene rings is 4. The van der Waals surface area contributed by atoms with Crippen LogP contribution in [0.1, 0.15) is 34.2 Å². The monoisotopic (exact) mass is 440 g/mol. The fraction of sp³-hybridized carbons (Fsp3) is 0.200. The molecule has 0 aromatic heterocycles. The van der Waals surface area contributed by atoms with Crippen molar-refractivity contribution in [2.24, 2.45) is 0 Å². The average Bonchev–Trinajstić information content (AvgIpc) is 2.83. The normalized spacial score (nSPS) is 10.8. The first-order valence-corrected chi connectivity index (χ1v) is 11.2. The Kier molecular flexibility index (Phi) is 7.50. The number of aryl methyl sites for hydroxylation is 3. The molecule has 0 spiro atoms. The van der Waals surface area contributed by atoms with Crippen LogP contribution in [-0.4, -0.2) is 13.7 Å². The molecule has 0 unspecified atom stereocenters. The Balaban J connectivity index is 1.36. The zero-order valence-corrected chi connectivity index (χ0v) is 18.7. The number of hydrogen-bond donors (Lipinski definition) is 0. The average molecular weight is 441 g/mol. The van der Waals surface area contributed by atoms with Crippen LogP contribution in [0.5, 0.6) is 0 Å². The van der Waals surface area contributed by atoms with Gasteiger partial charge in [0.2, 0.25) is 0 Å². The Labute approximate surface area is 194 Å². The highest BCUT2D eigenvalue weighted by Gasteiger charge is 2.05. The molecule has 0 aliphatic rings. The Morgan fingerprint density at radius 3 is 2.15 bits per heavy atom. The predicted octanol–water partition coefficient (Wildman–Crippen LogP) is 6.88. The zero-order valence-electron chi connectivity index (χ0n) is 18.7. The molecule has 3 heteroatoms. The Morgan fingerprint density at radius 2 is 1.36 bits per heavy atom. The Bertz CT molecular complexity index is 1300. The molecule has 0 aliphatic carbocycles. The molecule has 33 heavy (non-hydrogen) atoms. The lowest BCUT2D eigenvalue weighted by molar-refractivity contribution is 0.195. The summed E-state index contributed by atoms with van der Waals surface area (Å²) in [6, 6.07) is 24.1. The number of hydrogen-bond acceptors (Lipinski definition) is 1. The minimum atomic E-state index is -0.237. The highest BCUT2D eigenvalue weighted by molar-refractivity contribution is 5.84. The van der Waals surface area contributed by atoms with Crippen molar-refractivity contribution in [2.45, 2.75) is 25.7 Å². The third-order valence-corrected chi connectivity index (χ3v) is 5.72. The van der Waals surface area contributed by atoms with E-state index in [2.05, 4.69) is 11.8 Å². The van der Waals surface area contributed by atoms with Gasteiger partial charge in [-0.05, 0) is 95.6 Å². The first kappa shape index (κ1) is 22.7. The van der Waals surface area contributed by atoms with Gasteiger partial charge in [0.15, 0.2) is 0 Å². The lowest BCUT2D eigenvalue weighted by atomic mass is 10.0. The molecule has 0 heterocycles. The van der Waals surface area contributed by atoms with Crippen molar-refractivity contribution in [2.75, 3.05) is 13.7 Å². The van der Waals surface area contributed by atoms with Gasteiger partial charge in [0.1, 0.15) is 11.6 Å². The molecule has 0 bridgehead atoms. The molecule has 0 saturated heterocycles. The van der Waals surface area contributed by atoms with Crippen molar-refractivity contribution < 1.29 is 13.5 Å². The third kappa shape index (κ3) is 6.28. The third-order valence-electron chi connectivity index (χ3n) is 5.72. The molecule has 0 saturated carbocycles. The van der Waals surface area contributed by atoms with Gasteiger partial charge in [0.25, 0.3) is 0 Å². The van der Waals surface area contributed by atoms with Gasteiger partial charge in [-0.3, -0.25) is 0 Å². The Hall–Kier alpha value is -3.48. The van der Waals surface area contributed by atoms with Crippen molar-refractivity contribution in [1.82, 2.24) is 0 Å². The van der Waals surface area contributed by atoms with Crippen molar-refractivity contribution in [3.8, 4) is 11.8 Å². The molecule has 0 fully saturated rings. The van der Waals surface area contributed by atoms with Gasteiger partial charge in [-0.2, -0.15) is 0 Å². The summed E-state index contributed by atoms with van der Waals surface area (Å²) in [5, 5.41) is 1.83. The first-order valence-electron chi connectivity index (χ1n) is 11.2. The summed E-state index contributed by atoms with van der Waals surface area (Å²) >= 11 is 0. The van der Waals surface area contributed by atoms with E-state index in [4.69, 9.17) is 4.74 Å². The van der Waals surface area contributed by atoms with Crippen molar-refractivity contribution in [3.05, 3.63) is 118 Å². The molecular weight excluding hydrogens is 414 g/mol. The number of fused-ring (bicyclic) bond motifs is 1. The molecule has 0 aliphatic heterocycles. The SMILES string of the molecule is COCCCc1ccc(CCc2ccc(C#Cc3ccc4cc(F)ccc4c3)cc2)c(F)c1. The fourth-order valence-electron chi connectivity index (χ4n) is 3.84. The van der Waals surface area contributed by atoms with E-state index < -0.39 is 0 Å². The second kappa shape index (κ2) is 10.9. The molecule has 1 nitrogen and oxygen atoms in total. The van der Waals surface area contributed by atoms with Crippen LogP contribution in [-0.2, 0) is 24.0 Å². The largest absolute Gasteiger partial charge is 0.385 e. The lowest BCUT2D eigenvalue weighted by Crippen LogP contribution is -1.98. The van der Waals surface area contributed by atoms with E-state index >= 15 is 0 Å². The summed E-state index contributed by atoms with van der Waals surface area (Å²) in [4.78, 5) is 0. The minimum absolute atomic E-state index is 0.134. The second-order valence-corrected chi connectivity index (χ2v) is 8.18. The van der Waals surface area contributed by atoms with E-state index in [1.54, 1.807) is 19.2 Å². The Morgan fingerprint density at radius 1 is 0.667 bits per heavy atom.